The molecule has 0 fully saturated rings. The van der Waals surface area contributed by atoms with Gasteiger partial charge in [0.05, 0.1) is 6.54 Å². The van der Waals surface area contributed by atoms with Crippen molar-refractivity contribution in [1.29, 1.82) is 0 Å². The molecule has 0 bridgehead atoms. The lowest BCUT2D eigenvalue weighted by Crippen LogP contribution is -2.17. The van der Waals surface area contributed by atoms with Crippen LogP contribution in [0, 0.1) is 0 Å². The highest BCUT2D eigenvalue weighted by Gasteiger charge is 2.08. The molecule has 2 aromatic carbocycles. The van der Waals surface area contributed by atoms with Crippen LogP contribution < -0.4 is 5.32 Å². The van der Waals surface area contributed by atoms with E-state index in [1.165, 1.54) is 5.56 Å². The Labute approximate surface area is 135 Å². The summed E-state index contributed by atoms with van der Waals surface area (Å²) in [4.78, 5) is 0. The lowest BCUT2D eigenvalue weighted by Gasteiger charge is -2.12. The third-order valence-electron chi connectivity index (χ3n) is 3.65. The average Bonchev–Trinajstić information content (AvgIpc) is 3.02. The van der Waals surface area contributed by atoms with E-state index in [4.69, 9.17) is 16.0 Å². The van der Waals surface area contributed by atoms with Crippen LogP contribution in [-0.4, -0.2) is 0 Å². The summed E-state index contributed by atoms with van der Waals surface area (Å²) >= 11 is 6.02. The van der Waals surface area contributed by atoms with Crippen molar-refractivity contribution in [2.75, 3.05) is 0 Å². The molecule has 1 aromatic heterocycles. The second-order valence-corrected chi connectivity index (χ2v) is 5.73. The number of hydrogen-bond donors (Lipinski definition) is 1. The third-order valence-corrected chi connectivity index (χ3v) is 3.89. The number of nitrogens with one attached hydrogen (secondary N) is 1. The minimum atomic E-state index is 0.279. The van der Waals surface area contributed by atoms with E-state index in [9.17, 15) is 0 Å². The van der Waals surface area contributed by atoms with E-state index in [1.807, 2.05) is 42.5 Å². The molecule has 22 heavy (non-hydrogen) atoms. The van der Waals surface area contributed by atoms with Crippen molar-refractivity contribution in [2.24, 2.45) is 0 Å². The number of halogens is 1. The summed E-state index contributed by atoms with van der Waals surface area (Å²) in [5.74, 6) is 1.75. The van der Waals surface area contributed by atoms with Crippen LogP contribution in [-0.2, 0) is 6.54 Å². The molecule has 0 aliphatic rings. The van der Waals surface area contributed by atoms with Gasteiger partial charge in [-0.2, -0.15) is 0 Å². The van der Waals surface area contributed by atoms with Crippen LogP contribution in [0.5, 0.6) is 0 Å². The Bertz CT molecular complexity index is 736. The molecule has 0 aliphatic carbocycles. The fourth-order valence-electron chi connectivity index (χ4n) is 2.38. The minimum Gasteiger partial charge on any atom is -0.460 e. The number of benzene rings is 2. The SMILES string of the molecule is CC(NCc1ccc(-c2cccc(Cl)c2)o1)c1ccccc1. The monoisotopic (exact) mass is 311 g/mol. The van der Waals surface area contributed by atoms with Gasteiger partial charge < -0.3 is 9.73 Å². The first-order valence-electron chi connectivity index (χ1n) is 7.35. The molecule has 0 aliphatic heterocycles. The molecule has 3 aromatic rings. The molecule has 1 N–H and O–H groups in total. The van der Waals surface area contributed by atoms with Crippen molar-refractivity contribution in [3.8, 4) is 11.3 Å². The molecule has 0 radical (unpaired) electrons. The van der Waals surface area contributed by atoms with Crippen LogP contribution in [0.1, 0.15) is 24.3 Å². The summed E-state index contributed by atoms with van der Waals surface area (Å²) in [5.41, 5.74) is 2.26. The van der Waals surface area contributed by atoms with Crippen LogP contribution in [0.4, 0.5) is 0 Å². The molecule has 2 nitrogen and oxygen atoms in total. The first-order valence-corrected chi connectivity index (χ1v) is 7.73. The van der Waals surface area contributed by atoms with Gasteiger partial charge in [0.15, 0.2) is 0 Å². The Morgan fingerprint density at radius 2 is 1.82 bits per heavy atom. The van der Waals surface area contributed by atoms with E-state index < -0.39 is 0 Å². The number of furan rings is 1. The zero-order chi connectivity index (χ0) is 15.4. The summed E-state index contributed by atoms with van der Waals surface area (Å²) in [6.07, 6.45) is 0. The average molecular weight is 312 g/mol. The fraction of sp³-hybridized carbons (Fsp3) is 0.158. The van der Waals surface area contributed by atoms with Crippen molar-refractivity contribution in [1.82, 2.24) is 5.32 Å². The highest BCUT2D eigenvalue weighted by Crippen LogP contribution is 2.25. The maximum Gasteiger partial charge on any atom is 0.134 e. The van der Waals surface area contributed by atoms with Crippen LogP contribution >= 0.6 is 11.6 Å². The fourth-order valence-corrected chi connectivity index (χ4v) is 2.57. The Morgan fingerprint density at radius 1 is 1.00 bits per heavy atom. The Balaban J connectivity index is 1.65. The zero-order valence-electron chi connectivity index (χ0n) is 12.4. The van der Waals surface area contributed by atoms with Crippen molar-refractivity contribution < 1.29 is 4.42 Å². The molecule has 3 heteroatoms. The van der Waals surface area contributed by atoms with Gasteiger partial charge in [-0.3, -0.25) is 0 Å². The van der Waals surface area contributed by atoms with Gasteiger partial charge in [0.1, 0.15) is 11.5 Å². The minimum absolute atomic E-state index is 0.279. The summed E-state index contributed by atoms with van der Waals surface area (Å²) in [6.45, 7) is 2.84. The van der Waals surface area contributed by atoms with E-state index in [2.05, 4.69) is 36.5 Å². The third kappa shape index (κ3) is 3.59. The summed E-state index contributed by atoms with van der Waals surface area (Å²) in [5, 5.41) is 4.19. The van der Waals surface area contributed by atoms with Crippen molar-refractivity contribution in [3.63, 3.8) is 0 Å². The number of hydrogen-bond acceptors (Lipinski definition) is 2. The van der Waals surface area contributed by atoms with Crippen molar-refractivity contribution in [3.05, 3.63) is 83.1 Å². The first-order chi connectivity index (χ1) is 10.7. The maximum absolute atomic E-state index is 6.02. The normalized spacial score (nSPS) is 12.3. The van der Waals surface area contributed by atoms with Crippen LogP contribution in [0.3, 0.4) is 0 Å². The van der Waals surface area contributed by atoms with Gasteiger partial charge in [-0.1, -0.05) is 54.1 Å². The van der Waals surface area contributed by atoms with Gasteiger partial charge in [0.25, 0.3) is 0 Å². The van der Waals surface area contributed by atoms with Gasteiger partial charge in [0, 0.05) is 16.6 Å². The Kier molecular flexibility index (Phi) is 4.62. The maximum atomic E-state index is 6.02. The van der Waals surface area contributed by atoms with Crippen LogP contribution in [0.15, 0.2) is 71.1 Å². The molecule has 1 atom stereocenters. The van der Waals surface area contributed by atoms with E-state index in [-0.39, 0.29) is 6.04 Å². The van der Waals surface area contributed by atoms with E-state index in [0.29, 0.717) is 11.6 Å². The van der Waals surface area contributed by atoms with E-state index in [1.54, 1.807) is 0 Å². The van der Waals surface area contributed by atoms with E-state index >= 15 is 0 Å². The molecule has 112 valence electrons. The Hall–Kier alpha value is -2.03. The van der Waals surface area contributed by atoms with Crippen LogP contribution in [0.2, 0.25) is 5.02 Å². The van der Waals surface area contributed by atoms with Gasteiger partial charge in [-0.05, 0) is 36.8 Å². The largest absolute Gasteiger partial charge is 0.460 e. The predicted molar refractivity (Wildman–Crippen MR) is 90.9 cm³/mol. The summed E-state index contributed by atoms with van der Waals surface area (Å²) in [6, 6.07) is 22.3. The molecule has 0 spiro atoms. The smallest absolute Gasteiger partial charge is 0.134 e. The van der Waals surface area contributed by atoms with E-state index in [0.717, 1.165) is 17.1 Å². The summed E-state index contributed by atoms with van der Waals surface area (Å²) in [7, 11) is 0. The highest BCUT2D eigenvalue weighted by atomic mass is 35.5. The molecule has 3 rings (SSSR count). The lowest BCUT2D eigenvalue weighted by molar-refractivity contribution is 0.468. The molecular formula is C19H18ClNO. The lowest BCUT2D eigenvalue weighted by atomic mass is 10.1. The zero-order valence-corrected chi connectivity index (χ0v) is 13.2. The van der Waals surface area contributed by atoms with Gasteiger partial charge in [0.2, 0.25) is 0 Å². The van der Waals surface area contributed by atoms with Crippen molar-refractivity contribution in [2.45, 2.75) is 19.5 Å². The standard InChI is InChI=1S/C19H18ClNO/c1-14(15-6-3-2-4-7-15)21-13-18-10-11-19(22-18)16-8-5-9-17(20)12-16/h2-12,14,21H,13H2,1H3. The van der Waals surface area contributed by atoms with Gasteiger partial charge >= 0.3 is 0 Å². The first kappa shape index (κ1) is 14.9. The molecule has 0 amide bonds. The molecule has 1 heterocycles. The molecule has 0 saturated carbocycles. The quantitative estimate of drug-likeness (QED) is 0.677. The second-order valence-electron chi connectivity index (χ2n) is 5.29. The van der Waals surface area contributed by atoms with Gasteiger partial charge in [-0.15, -0.1) is 0 Å². The highest BCUT2D eigenvalue weighted by molar-refractivity contribution is 6.30. The summed E-state index contributed by atoms with van der Waals surface area (Å²) < 4.78 is 5.89. The topological polar surface area (TPSA) is 25.2 Å². The predicted octanol–water partition coefficient (Wildman–Crippen LogP) is 5.45. The molecule has 0 saturated heterocycles. The van der Waals surface area contributed by atoms with Crippen molar-refractivity contribution >= 4 is 11.6 Å². The molecule has 1 unspecified atom stereocenters. The van der Waals surface area contributed by atoms with Crippen LogP contribution in [0.25, 0.3) is 11.3 Å². The molecular weight excluding hydrogens is 294 g/mol. The number of rotatable bonds is 5. The van der Waals surface area contributed by atoms with Gasteiger partial charge in [-0.25, -0.2) is 0 Å². The second kappa shape index (κ2) is 6.82. The Morgan fingerprint density at radius 3 is 2.59 bits per heavy atom.